The van der Waals surface area contributed by atoms with Crippen molar-refractivity contribution in [2.45, 2.75) is 13.0 Å². The second-order valence-electron chi connectivity index (χ2n) is 5.21. The summed E-state index contributed by atoms with van der Waals surface area (Å²) in [4.78, 5) is 20.6. The summed E-state index contributed by atoms with van der Waals surface area (Å²) in [5.41, 5.74) is 0.204. The minimum atomic E-state index is -0.760. The summed E-state index contributed by atoms with van der Waals surface area (Å²) in [6.07, 6.45) is 1.97. The molecule has 2 rings (SSSR count). The Hall–Kier alpha value is -3.46. The van der Waals surface area contributed by atoms with E-state index < -0.39 is 21.2 Å². The van der Waals surface area contributed by atoms with Gasteiger partial charge in [-0.3, -0.25) is 20.2 Å². The van der Waals surface area contributed by atoms with Gasteiger partial charge in [-0.1, -0.05) is 6.08 Å². The van der Waals surface area contributed by atoms with Gasteiger partial charge < -0.3 is 14.6 Å². The van der Waals surface area contributed by atoms with E-state index in [1.165, 1.54) is 7.11 Å². The SMILES string of the molecule is C=CCc1cc(CO)cc(OC)c1Oc1ccc([N+](=O)[O-])cc1[N+](=O)[O-]. The fourth-order valence-corrected chi connectivity index (χ4v) is 2.35. The van der Waals surface area contributed by atoms with E-state index in [0.29, 0.717) is 17.5 Å². The number of aliphatic hydroxyl groups excluding tert-OH is 1. The number of aliphatic hydroxyl groups is 1. The summed E-state index contributed by atoms with van der Waals surface area (Å²) in [6, 6.07) is 6.31. The van der Waals surface area contributed by atoms with Crippen molar-refractivity contribution in [3.63, 3.8) is 0 Å². The Balaban J connectivity index is 2.58. The van der Waals surface area contributed by atoms with E-state index in [0.717, 1.165) is 18.2 Å². The van der Waals surface area contributed by atoms with Crippen molar-refractivity contribution in [2.24, 2.45) is 0 Å². The van der Waals surface area contributed by atoms with Crippen LogP contribution >= 0.6 is 0 Å². The quantitative estimate of drug-likeness (QED) is 0.433. The lowest BCUT2D eigenvalue weighted by Crippen LogP contribution is -2.01. The fraction of sp³-hybridized carbons (Fsp3) is 0.176. The number of hydrogen-bond acceptors (Lipinski definition) is 7. The van der Waals surface area contributed by atoms with Crippen LogP contribution in [0.4, 0.5) is 11.4 Å². The standard InChI is InChI=1S/C17H16N2O7/c1-3-4-12-7-11(10-20)8-16(25-2)17(12)26-15-6-5-13(18(21)22)9-14(15)19(23)24/h3,5-9,20H,1,4,10H2,2H3. The maximum Gasteiger partial charge on any atom is 0.318 e. The molecule has 0 atom stereocenters. The highest BCUT2D eigenvalue weighted by atomic mass is 16.6. The number of nitrogens with zero attached hydrogens (tertiary/aromatic N) is 2. The Labute approximate surface area is 148 Å². The zero-order valence-electron chi connectivity index (χ0n) is 13.9. The molecule has 0 aliphatic heterocycles. The average molecular weight is 360 g/mol. The summed E-state index contributed by atoms with van der Waals surface area (Å²) in [5.74, 6) is 0.309. The Morgan fingerprint density at radius 2 is 1.88 bits per heavy atom. The third-order valence-electron chi connectivity index (χ3n) is 3.52. The van der Waals surface area contributed by atoms with Crippen molar-refractivity contribution >= 4 is 11.4 Å². The van der Waals surface area contributed by atoms with Crippen molar-refractivity contribution in [1.29, 1.82) is 0 Å². The first-order chi connectivity index (χ1) is 12.4. The zero-order valence-corrected chi connectivity index (χ0v) is 13.9. The summed E-state index contributed by atoms with van der Waals surface area (Å²) in [7, 11) is 1.39. The lowest BCUT2D eigenvalue weighted by atomic mass is 10.1. The molecule has 0 unspecified atom stereocenters. The van der Waals surface area contributed by atoms with Gasteiger partial charge in [-0.25, -0.2) is 0 Å². The number of nitro benzene ring substituents is 2. The maximum absolute atomic E-state index is 11.3. The van der Waals surface area contributed by atoms with Crippen molar-refractivity contribution in [3.05, 3.63) is 74.3 Å². The van der Waals surface area contributed by atoms with Gasteiger partial charge in [0.15, 0.2) is 11.5 Å². The van der Waals surface area contributed by atoms with Crippen molar-refractivity contribution in [3.8, 4) is 17.2 Å². The van der Waals surface area contributed by atoms with Crippen molar-refractivity contribution < 1.29 is 24.4 Å². The predicted octanol–water partition coefficient (Wildman–Crippen LogP) is 3.52. The van der Waals surface area contributed by atoms with Gasteiger partial charge in [-0.2, -0.15) is 0 Å². The smallest absolute Gasteiger partial charge is 0.318 e. The van der Waals surface area contributed by atoms with Crippen LogP contribution in [0.1, 0.15) is 11.1 Å². The summed E-state index contributed by atoms with van der Waals surface area (Å²) in [6.45, 7) is 3.43. The van der Waals surface area contributed by atoms with E-state index in [4.69, 9.17) is 9.47 Å². The highest BCUT2D eigenvalue weighted by Crippen LogP contribution is 2.41. The van der Waals surface area contributed by atoms with E-state index in [2.05, 4.69) is 6.58 Å². The van der Waals surface area contributed by atoms with Crippen LogP contribution in [-0.4, -0.2) is 22.1 Å². The maximum atomic E-state index is 11.3. The molecular weight excluding hydrogens is 344 g/mol. The third-order valence-corrected chi connectivity index (χ3v) is 3.52. The number of ether oxygens (including phenoxy) is 2. The molecule has 0 bridgehead atoms. The molecule has 136 valence electrons. The molecule has 9 heteroatoms. The molecule has 0 aromatic heterocycles. The van der Waals surface area contributed by atoms with Crippen LogP contribution in [0.15, 0.2) is 43.0 Å². The molecule has 0 heterocycles. The number of hydrogen-bond donors (Lipinski definition) is 1. The number of nitro groups is 2. The van der Waals surface area contributed by atoms with E-state index in [1.807, 2.05) is 0 Å². The van der Waals surface area contributed by atoms with Crippen LogP contribution in [0.3, 0.4) is 0 Å². The Bertz CT molecular complexity index is 864. The fourth-order valence-electron chi connectivity index (χ4n) is 2.35. The van der Waals surface area contributed by atoms with Gasteiger partial charge in [-0.05, 0) is 30.2 Å². The van der Waals surface area contributed by atoms with Crippen molar-refractivity contribution in [2.75, 3.05) is 7.11 Å². The molecule has 0 fully saturated rings. The number of rotatable bonds is 8. The van der Waals surface area contributed by atoms with Crippen LogP contribution in [0.25, 0.3) is 0 Å². The van der Waals surface area contributed by atoms with Gasteiger partial charge in [0.05, 0.1) is 29.6 Å². The first kappa shape index (κ1) is 18.9. The summed E-state index contributed by atoms with van der Waals surface area (Å²) >= 11 is 0. The molecule has 0 aliphatic carbocycles. The summed E-state index contributed by atoms with van der Waals surface area (Å²) in [5, 5.41) is 31.5. The largest absolute Gasteiger partial charge is 0.493 e. The van der Waals surface area contributed by atoms with Crippen LogP contribution in [0.2, 0.25) is 0 Å². The van der Waals surface area contributed by atoms with Gasteiger partial charge in [0, 0.05) is 11.6 Å². The topological polar surface area (TPSA) is 125 Å². The van der Waals surface area contributed by atoms with Crippen LogP contribution in [0.5, 0.6) is 17.2 Å². The highest BCUT2D eigenvalue weighted by molar-refractivity contribution is 5.58. The predicted molar refractivity (Wildman–Crippen MR) is 92.6 cm³/mol. The van der Waals surface area contributed by atoms with E-state index in [-0.39, 0.29) is 23.9 Å². The number of benzene rings is 2. The normalized spacial score (nSPS) is 10.2. The average Bonchev–Trinajstić information content (AvgIpc) is 2.62. The second kappa shape index (κ2) is 8.08. The molecule has 0 spiro atoms. The first-order valence-electron chi connectivity index (χ1n) is 7.43. The Morgan fingerprint density at radius 3 is 2.42 bits per heavy atom. The minimum absolute atomic E-state index is 0.166. The molecule has 0 saturated heterocycles. The molecule has 0 aliphatic rings. The van der Waals surface area contributed by atoms with Crippen molar-refractivity contribution in [1.82, 2.24) is 0 Å². The van der Waals surface area contributed by atoms with E-state index in [1.54, 1.807) is 18.2 Å². The Morgan fingerprint density at radius 1 is 1.15 bits per heavy atom. The van der Waals surface area contributed by atoms with Gasteiger partial charge in [0.1, 0.15) is 0 Å². The summed E-state index contributed by atoms with van der Waals surface area (Å²) < 4.78 is 11.0. The molecule has 2 aromatic rings. The van der Waals surface area contributed by atoms with E-state index >= 15 is 0 Å². The molecule has 0 radical (unpaired) electrons. The third kappa shape index (κ3) is 3.95. The number of allylic oxidation sites excluding steroid dienone is 1. The molecule has 2 aromatic carbocycles. The number of non-ortho nitro benzene ring substituents is 1. The van der Waals surface area contributed by atoms with Crippen LogP contribution in [-0.2, 0) is 13.0 Å². The second-order valence-corrected chi connectivity index (χ2v) is 5.21. The van der Waals surface area contributed by atoms with Gasteiger partial charge in [0.2, 0.25) is 5.75 Å². The monoisotopic (exact) mass is 360 g/mol. The Kier molecular flexibility index (Phi) is 5.86. The zero-order chi connectivity index (χ0) is 19.3. The first-order valence-corrected chi connectivity index (χ1v) is 7.43. The van der Waals surface area contributed by atoms with Crippen LogP contribution in [0, 0.1) is 20.2 Å². The molecule has 1 N–H and O–H groups in total. The molecule has 9 nitrogen and oxygen atoms in total. The van der Waals surface area contributed by atoms with Gasteiger partial charge in [-0.15, -0.1) is 6.58 Å². The molecule has 0 saturated carbocycles. The minimum Gasteiger partial charge on any atom is -0.493 e. The molecule has 0 amide bonds. The molecular formula is C17H16N2O7. The lowest BCUT2D eigenvalue weighted by molar-refractivity contribution is -0.394. The van der Waals surface area contributed by atoms with Gasteiger partial charge in [0.25, 0.3) is 5.69 Å². The van der Waals surface area contributed by atoms with Gasteiger partial charge >= 0.3 is 5.69 Å². The van der Waals surface area contributed by atoms with Crippen LogP contribution < -0.4 is 9.47 Å². The molecule has 26 heavy (non-hydrogen) atoms. The lowest BCUT2D eigenvalue weighted by Gasteiger charge is -2.15. The highest BCUT2D eigenvalue weighted by Gasteiger charge is 2.23. The van der Waals surface area contributed by atoms with E-state index in [9.17, 15) is 25.3 Å². The number of methoxy groups -OCH3 is 1.